The quantitative estimate of drug-likeness (QED) is 0.0262. The van der Waals surface area contributed by atoms with Crippen molar-refractivity contribution in [2.45, 2.75) is 271 Å². The predicted octanol–water partition coefficient (Wildman–Crippen LogP) is 18.2. The van der Waals surface area contributed by atoms with E-state index in [9.17, 15) is 14.4 Å². The van der Waals surface area contributed by atoms with E-state index in [4.69, 9.17) is 14.2 Å². The molecule has 0 unspecified atom stereocenters. The lowest BCUT2D eigenvalue weighted by molar-refractivity contribution is -0.167. The minimum atomic E-state index is -0.803. The van der Waals surface area contributed by atoms with Gasteiger partial charge < -0.3 is 14.2 Å². The van der Waals surface area contributed by atoms with Crippen molar-refractivity contribution in [1.29, 1.82) is 0 Å². The van der Waals surface area contributed by atoms with Crippen molar-refractivity contribution in [2.24, 2.45) is 0 Å². The first-order valence-corrected chi connectivity index (χ1v) is 27.4. The molecule has 0 aromatic rings. The minimum absolute atomic E-state index is 0.0963. The van der Waals surface area contributed by atoms with Gasteiger partial charge in [-0.2, -0.15) is 0 Å². The number of carbonyl (C=O) groups excluding carboxylic acids is 3. The molecule has 0 heterocycles. The Hall–Kier alpha value is -3.15. The second-order valence-electron chi connectivity index (χ2n) is 18.1. The molecular weight excluding hydrogens is 805 g/mol. The van der Waals surface area contributed by atoms with Gasteiger partial charge in [-0.25, -0.2) is 0 Å². The van der Waals surface area contributed by atoms with E-state index in [2.05, 4.69) is 93.7 Å². The monoisotopic (exact) mass is 907 g/mol. The lowest BCUT2D eigenvalue weighted by atomic mass is 10.0. The van der Waals surface area contributed by atoms with Gasteiger partial charge in [0.25, 0.3) is 0 Å². The van der Waals surface area contributed by atoms with Crippen molar-refractivity contribution in [3.8, 4) is 0 Å². The third-order valence-corrected chi connectivity index (χ3v) is 11.7. The summed E-state index contributed by atoms with van der Waals surface area (Å²) < 4.78 is 16.8. The summed E-state index contributed by atoms with van der Waals surface area (Å²) in [7, 11) is 0. The molecule has 0 aromatic carbocycles. The van der Waals surface area contributed by atoms with Crippen molar-refractivity contribution < 1.29 is 28.6 Å². The topological polar surface area (TPSA) is 78.9 Å². The maximum Gasteiger partial charge on any atom is 0.306 e. The minimum Gasteiger partial charge on any atom is -0.462 e. The molecule has 0 fully saturated rings. The molecule has 0 saturated heterocycles. The van der Waals surface area contributed by atoms with Gasteiger partial charge in [0, 0.05) is 19.3 Å². The van der Waals surface area contributed by atoms with Gasteiger partial charge in [0.15, 0.2) is 6.10 Å². The Labute approximate surface area is 402 Å². The fourth-order valence-electron chi connectivity index (χ4n) is 7.51. The molecule has 0 N–H and O–H groups in total. The van der Waals surface area contributed by atoms with Crippen molar-refractivity contribution in [1.82, 2.24) is 0 Å². The van der Waals surface area contributed by atoms with Crippen LogP contribution in [0.3, 0.4) is 0 Å². The Kier molecular flexibility index (Phi) is 50.9. The normalized spacial score (nSPS) is 12.6. The van der Waals surface area contributed by atoms with E-state index in [0.717, 1.165) is 89.9 Å². The lowest BCUT2D eigenvalue weighted by Crippen LogP contribution is -2.30. The van der Waals surface area contributed by atoms with Crippen LogP contribution in [0.25, 0.3) is 0 Å². The van der Waals surface area contributed by atoms with E-state index in [1.165, 1.54) is 128 Å². The van der Waals surface area contributed by atoms with Crippen LogP contribution in [-0.2, 0) is 28.6 Å². The third-order valence-electron chi connectivity index (χ3n) is 11.7. The second-order valence-corrected chi connectivity index (χ2v) is 18.1. The summed E-state index contributed by atoms with van der Waals surface area (Å²) in [6, 6.07) is 0. The highest BCUT2D eigenvalue weighted by Crippen LogP contribution is 2.15. The van der Waals surface area contributed by atoms with Gasteiger partial charge >= 0.3 is 17.9 Å². The van der Waals surface area contributed by atoms with Gasteiger partial charge in [0.2, 0.25) is 0 Å². The van der Waals surface area contributed by atoms with Crippen LogP contribution in [-0.4, -0.2) is 37.2 Å². The number of esters is 3. The van der Waals surface area contributed by atoms with Crippen LogP contribution in [0.4, 0.5) is 0 Å². The van der Waals surface area contributed by atoms with Gasteiger partial charge in [-0.1, -0.05) is 222 Å². The van der Waals surface area contributed by atoms with Crippen LogP contribution in [0.2, 0.25) is 0 Å². The third kappa shape index (κ3) is 51.7. The van der Waals surface area contributed by atoms with E-state index in [-0.39, 0.29) is 37.5 Å². The largest absolute Gasteiger partial charge is 0.462 e. The summed E-state index contributed by atoms with van der Waals surface area (Å²) in [4.78, 5) is 38.1. The molecule has 0 rings (SSSR count). The van der Waals surface area contributed by atoms with Gasteiger partial charge in [0.05, 0.1) is 0 Å². The first-order chi connectivity index (χ1) is 32.0. The number of allylic oxidation sites excluding steroid dienone is 12. The Balaban J connectivity index is 4.47. The van der Waals surface area contributed by atoms with E-state index in [0.29, 0.717) is 19.3 Å². The fraction of sp³-hybridized carbons (Fsp3) is 0.746. The molecule has 374 valence electrons. The van der Waals surface area contributed by atoms with Gasteiger partial charge in [-0.05, 0) is 96.3 Å². The van der Waals surface area contributed by atoms with Crippen LogP contribution >= 0.6 is 0 Å². The molecule has 0 aromatic heterocycles. The summed E-state index contributed by atoms with van der Waals surface area (Å²) in [5.74, 6) is -0.951. The molecule has 0 amide bonds. The molecule has 0 saturated carbocycles. The van der Waals surface area contributed by atoms with Crippen LogP contribution in [0.15, 0.2) is 72.9 Å². The molecule has 6 nitrogen and oxygen atoms in total. The summed E-state index contributed by atoms with van der Waals surface area (Å²) in [6.45, 7) is 6.54. The van der Waals surface area contributed by atoms with Crippen LogP contribution in [0.1, 0.15) is 265 Å². The number of ether oxygens (including phenoxy) is 3. The van der Waals surface area contributed by atoms with Gasteiger partial charge in [-0.15, -0.1) is 0 Å². The molecule has 65 heavy (non-hydrogen) atoms. The highest BCUT2D eigenvalue weighted by molar-refractivity contribution is 5.71. The highest BCUT2D eigenvalue weighted by Gasteiger charge is 2.19. The van der Waals surface area contributed by atoms with Crippen molar-refractivity contribution >= 4 is 17.9 Å². The van der Waals surface area contributed by atoms with Crippen LogP contribution in [0.5, 0.6) is 0 Å². The van der Waals surface area contributed by atoms with Crippen molar-refractivity contribution in [3.63, 3.8) is 0 Å². The Morgan fingerprint density at radius 2 is 0.554 bits per heavy atom. The second kappa shape index (κ2) is 53.5. The van der Waals surface area contributed by atoms with E-state index in [1.807, 2.05) is 0 Å². The zero-order valence-electron chi connectivity index (χ0n) is 42.7. The summed E-state index contributed by atoms with van der Waals surface area (Å²) in [6.07, 6.45) is 67.4. The number of carbonyl (C=O) groups is 3. The first kappa shape index (κ1) is 61.9. The average Bonchev–Trinajstić information content (AvgIpc) is 3.30. The standard InChI is InChI=1S/C59H102O6/c1-4-7-10-13-16-19-22-25-28-29-32-34-37-40-43-46-49-52-58(61)64-55-56(65-59(62)53-50-47-44-41-38-35-31-27-24-21-18-15-12-9-6-3)54-63-57(60)51-48-45-42-39-36-33-30-26-23-20-17-14-11-8-5-2/h16,18-19,21,25,27-28,31-32,34,38,41,56H,4-15,17,20,22-24,26,29-30,33,35-37,39-40,42-55H2,1-3H3/b19-16-,21-18-,28-25-,31-27-,34-32-,41-38-/t56-/m0/s1. The number of hydrogen-bond acceptors (Lipinski definition) is 6. The molecule has 0 aliphatic heterocycles. The van der Waals surface area contributed by atoms with Gasteiger partial charge in [-0.3, -0.25) is 14.4 Å². The summed E-state index contributed by atoms with van der Waals surface area (Å²) in [5.41, 5.74) is 0. The summed E-state index contributed by atoms with van der Waals surface area (Å²) in [5, 5.41) is 0. The molecule has 0 bridgehead atoms. The number of unbranched alkanes of at least 4 members (excludes halogenated alkanes) is 26. The first-order valence-electron chi connectivity index (χ1n) is 27.4. The molecule has 1 atom stereocenters. The molecular formula is C59H102O6. The predicted molar refractivity (Wildman–Crippen MR) is 279 cm³/mol. The molecule has 0 aliphatic carbocycles. The molecule has 0 spiro atoms. The van der Waals surface area contributed by atoms with Crippen molar-refractivity contribution in [2.75, 3.05) is 13.2 Å². The maximum absolute atomic E-state index is 12.8. The van der Waals surface area contributed by atoms with Crippen LogP contribution in [0, 0.1) is 0 Å². The highest BCUT2D eigenvalue weighted by atomic mass is 16.6. The molecule has 0 aliphatic rings. The average molecular weight is 907 g/mol. The SMILES string of the molecule is CCCCC/C=C\C/C=C\C/C=C\CCCCCCC(=O)OC[C@H](COC(=O)CCCCCCCCCCCCCCCCC)OC(=O)CCCC/C=C\C/C=C\C/C=C\CCCCC. The van der Waals surface area contributed by atoms with Crippen LogP contribution < -0.4 is 0 Å². The van der Waals surface area contributed by atoms with E-state index < -0.39 is 6.10 Å². The summed E-state index contributed by atoms with van der Waals surface area (Å²) >= 11 is 0. The Bertz CT molecular complexity index is 1230. The zero-order valence-corrected chi connectivity index (χ0v) is 42.7. The Morgan fingerprint density at radius 3 is 0.923 bits per heavy atom. The molecule has 0 radical (unpaired) electrons. The van der Waals surface area contributed by atoms with E-state index >= 15 is 0 Å². The van der Waals surface area contributed by atoms with Gasteiger partial charge in [0.1, 0.15) is 13.2 Å². The molecule has 6 heteroatoms. The smallest absolute Gasteiger partial charge is 0.306 e. The fourth-order valence-corrected chi connectivity index (χ4v) is 7.51. The zero-order chi connectivity index (χ0) is 47.2. The van der Waals surface area contributed by atoms with Crippen molar-refractivity contribution in [3.05, 3.63) is 72.9 Å². The van der Waals surface area contributed by atoms with E-state index in [1.54, 1.807) is 0 Å². The number of hydrogen-bond donors (Lipinski definition) is 0. The number of rotatable bonds is 49. The Morgan fingerprint density at radius 1 is 0.308 bits per heavy atom. The lowest BCUT2D eigenvalue weighted by Gasteiger charge is -2.18. The maximum atomic E-state index is 12.8.